The van der Waals surface area contributed by atoms with Crippen molar-refractivity contribution in [3.05, 3.63) is 45.9 Å². The number of carbonyl (C=O) groups excluding carboxylic acids is 2. The van der Waals surface area contributed by atoms with Crippen LogP contribution in [0.25, 0.3) is 16.7 Å². The second kappa shape index (κ2) is 8.54. The zero-order chi connectivity index (χ0) is 22.1. The van der Waals surface area contributed by atoms with Crippen LogP contribution in [0, 0.1) is 13.8 Å². The van der Waals surface area contributed by atoms with Crippen LogP contribution in [0.1, 0.15) is 30.5 Å². The largest absolute Gasteiger partial charge is 0.465 e. The van der Waals surface area contributed by atoms with Gasteiger partial charge in [-0.25, -0.2) is 9.67 Å². The van der Waals surface area contributed by atoms with Gasteiger partial charge < -0.3 is 10.1 Å². The molecule has 1 aromatic carbocycles. The maximum Gasteiger partial charge on any atom is 0.325 e. The Morgan fingerprint density at radius 3 is 2.84 bits per heavy atom. The summed E-state index contributed by atoms with van der Waals surface area (Å²) in [5, 5.41) is 7.90. The highest BCUT2D eigenvalue weighted by Crippen LogP contribution is 2.33. The van der Waals surface area contributed by atoms with Gasteiger partial charge in [-0.1, -0.05) is 17.8 Å². The fourth-order valence-corrected chi connectivity index (χ4v) is 4.63. The number of ether oxygens (including phenoxy) is 1. The predicted octanol–water partition coefficient (Wildman–Crippen LogP) is 1.92. The number of thioether (sulfide) groups is 1. The van der Waals surface area contributed by atoms with E-state index in [9.17, 15) is 14.4 Å². The average Bonchev–Trinajstić information content (AvgIpc) is 3.34. The Morgan fingerprint density at radius 1 is 1.29 bits per heavy atom. The number of nitrogens with zero attached hydrogens (tertiary/aromatic N) is 4. The first kappa shape index (κ1) is 21.1. The number of nitrogens with one attached hydrogen (secondary N) is 1. The third-order valence-electron chi connectivity index (χ3n) is 5.26. The summed E-state index contributed by atoms with van der Waals surface area (Å²) < 4.78 is 8.04. The first-order valence-electron chi connectivity index (χ1n) is 10.0. The van der Waals surface area contributed by atoms with Crippen LogP contribution in [0.5, 0.6) is 0 Å². The number of rotatable bonds is 6. The lowest BCUT2D eigenvalue weighted by Crippen LogP contribution is -2.34. The molecule has 0 saturated heterocycles. The van der Waals surface area contributed by atoms with E-state index in [2.05, 4.69) is 15.4 Å². The van der Waals surface area contributed by atoms with Crippen LogP contribution in [-0.2, 0) is 14.3 Å². The Labute approximate surface area is 182 Å². The van der Waals surface area contributed by atoms with E-state index in [1.807, 2.05) is 32.0 Å². The molecule has 1 atom stereocenters. The number of hydrogen-bond acceptors (Lipinski definition) is 7. The van der Waals surface area contributed by atoms with Crippen LogP contribution < -0.4 is 10.9 Å². The molecule has 0 fully saturated rings. The van der Waals surface area contributed by atoms with E-state index >= 15 is 0 Å². The minimum atomic E-state index is -0.489. The number of carbonyl (C=O) groups is 2. The van der Waals surface area contributed by atoms with Gasteiger partial charge in [0.05, 0.1) is 24.5 Å². The van der Waals surface area contributed by atoms with Crippen molar-refractivity contribution >= 4 is 34.7 Å². The number of amides is 1. The normalized spacial score (nSPS) is 15.1. The molecule has 31 heavy (non-hydrogen) atoms. The number of aromatic nitrogens is 4. The summed E-state index contributed by atoms with van der Waals surface area (Å²) in [4.78, 5) is 41.5. The lowest BCUT2D eigenvalue weighted by molar-refractivity contribution is -0.143. The maximum absolute atomic E-state index is 13.2. The topological polar surface area (TPSA) is 108 Å². The summed E-state index contributed by atoms with van der Waals surface area (Å²) in [5.74, 6) is -0.251. The van der Waals surface area contributed by atoms with Gasteiger partial charge in [0.2, 0.25) is 5.91 Å². The molecule has 1 aliphatic heterocycles. The minimum absolute atomic E-state index is 0.0811. The van der Waals surface area contributed by atoms with Crippen molar-refractivity contribution in [2.75, 3.05) is 18.9 Å². The van der Waals surface area contributed by atoms with E-state index in [1.165, 1.54) is 23.5 Å². The standard InChI is InChI=1S/C21H23N5O4S/c1-4-30-18(28)10-22-17(27)8-15-11-31-21-24-19-16(20(29)25(15)21)9-23-26(19)14-6-5-12(2)13(3)7-14/h5-7,9,15H,4,8,10-11H2,1-3H3,(H,22,27). The van der Waals surface area contributed by atoms with Gasteiger partial charge in [-0.2, -0.15) is 5.10 Å². The smallest absolute Gasteiger partial charge is 0.325 e. The van der Waals surface area contributed by atoms with Gasteiger partial charge in [-0.3, -0.25) is 19.0 Å². The van der Waals surface area contributed by atoms with Crippen molar-refractivity contribution in [3.8, 4) is 5.69 Å². The van der Waals surface area contributed by atoms with Crippen LogP contribution in [0.2, 0.25) is 0 Å². The summed E-state index contributed by atoms with van der Waals surface area (Å²) in [6.07, 6.45) is 1.60. The van der Waals surface area contributed by atoms with Gasteiger partial charge in [0.15, 0.2) is 10.8 Å². The summed E-state index contributed by atoms with van der Waals surface area (Å²) in [5.41, 5.74) is 3.42. The van der Waals surface area contributed by atoms with E-state index in [0.29, 0.717) is 21.9 Å². The molecular weight excluding hydrogens is 418 g/mol. The third kappa shape index (κ3) is 4.07. The summed E-state index contributed by atoms with van der Waals surface area (Å²) in [6, 6.07) is 5.64. The number of hydrogen-bond donors (Lipinski definition) is 1. The molecule has 0 spiro atoms. The molecular formula is C21H23N5O4S. The van der Waals surface area contributed by atoms with Crippen LogP contribution in [0.4, 0.5) is 0 Å². The van der Waals surface area contributed by atoms with Crippen LogP contribution in [0.3, 0.4) is 0 Å². The molecule has 1 amide bonds. The first-order chi connectivity index (χ1) is 14.9. The average molecular weight is 442 g/mol. The van der Waals surface area contributed by atoms with Crippen molar-refractivity contribution in [3.63, 3.8) is 0 Å². The molecule has 0 saturated carbocycles. The summed E-state index contributed by atoms with van der Waals surface area (Å²) >= 11 is 1.43. The summed E-state index contributed by atoms with van der Waals surface area (Å²) in [7, 11) is 0. The van der Waals surface area contributed by atoms with E-state index in [1.54, 1.807) is 16.2 Å². The van der Waals surface area contributed by atoms with Gasteiger partial charge in [0.1, 0.15) is 11.9 Å². The first-order valence-corrected chi connectivity index (χ1v) is 11.0. The predicted molar refractivity (Wildman–Crippen MR) is 117 cm³/mol. The van der Waals surface area contributed by atoms with Crippen molar-refractivity contribution in [1.82, 2.24) is 24.6 Å². The SMILES string of the molecule is CCOC(=O)CNC(=O)CC1CSc2nc3c(cnn3-c3ccc(C)c(C)c3)c(=O)n21. The zero-order valence-corrected chi connectivity index (χ0v) is 18.4. The Bertz CT molecular complexity index is 1230. The Hall–Kier alpha value is -3.14. The second-order valence-electron chi connectivity index (χ2n) is 7.38. The molecule has 0 radical (unpaired) electrons. The van der Waals surface area contributed by atoms with Gasteiger partial charge >= 0.3 is 5.97 Å². The zero-order valence-electron chi connectivity index (χ0n) is 17.5. The van der Waals surface area contributed by atoms with E-state index < -0.39 is 5.97 Å². The molecule has 0 aliphatic carbocycles. The molecule has 9 nitrogen and oxygen atoms in total. The highest BCUT2D eigenvalue weighted by atomic mass is 32.2. The van der Waals surface area contributed by atoms with Gasteiger partial charge in [0, 0.05) is 12.2 Å². The van der Waals surface area contributed by atoms with Crippen molar-refractivity contribution in [2.24, 2.45) is 0 Å². The highest BCUT2D eigenvalue weighted by molar-refractivity contribution is 7.99. The van der Waals surface area contributed by atoms with Gasteiger partial charge in [0.25, 0.3) is 5.56 Å². The molecule has 162 valence electrons. The minimum Gasteiger partial charge on any atom is -0.465 e. The Kier molecular flexibility index (Phi) is 5.81. The van der Waals surface area contributed by atoms with Crippen LogP contribution in [0.15, 0.2) is 34.3 Å². The molecule has 2 aromatic heterocycles. The number of fused-ring (bicyclic) bond motifs is 2. The number of esters is 1. The number of aryl methyl sites for hydroxylation is 2. The van der Waals surface area contributed by atoms with Crippen molar-refractivity contribution in [1.29, 1.82) is 0 Å². The number of benzene rings is 1. The fourth-order valence-electron chi connectivity index (χ4n) is 3.50. The van der Waals surface area contributed by atoms with Gasteiger partial charge in [-0.15, -0.1) is 0 Å². The van der Waals surface area contributed by atoms with Gasteiger partial charge in [-0.05, 0) is 44.0 Å². The molecule has 3 heterocycles. The summed E-state index contributed by atoms with van der Waals surface area (Å²) in [6.45, 7) is 5.84. The monoisotopic (exact) mass is 441 g/mol. The van der Waals surface area contributed by atoms with E-state index in [-0.39, 0.29) is 37.1 Å². The Balaban J connectivity index is 1.60. The van der Waals surface area contributed by atoms with Crippen molar-refractivity contribution < 1.29 is 14.3 Å². The van der Waals surface area contributed by atoms with Crippen LogP contribution >= 0.6 is 11.8 Å². The van der Waals surface area contributed by atoms with E-state index in [4.69, 9.17) is 4.74 Å². The fraction of sp³-hybridized carbons (Fsp3) is 0.381. The lowest BCUT2D eigenvalue weighted by atomic mass is 10.1. The van der Waals surface area contributed by atoms with Crippen molar-refractivity contribution in [2.45, 2.75) is 38.4 Å². The molecule has 1 aliphatic rings. The second-order valence-corrected chi connectivity index (χ2v) is 8.37. The lowest BCUT2D eigenvalue weighted by Gasteiger charge is -2.13. The van der Waals surface area contributed by atoms with Crippen LogP contribution in [-0.4, -0.2) is 50.1 Å². The quantitative estimate of drug-likeness (QED) is 0.460. The Morgan fingerprint density at radius 2 is 2.10 bits per heavy atom. The van der Waals surface area contributed by atoms with E-state index in [0.717, 1.165) is 11.3 Å². The molecule has 4 rings (SSSR count). The highest BCUT2D eigenvalue weighted by Gasteiger charge is 2.29. The molecule has 1 N–H and O–H groups in total. The maximum atomic E-state index is 13.2. The molecule has 3 aromatic rings. The third-order valence-corrected chi connectivity index (χ3v) is 6.36. The molecule has 10 heteroatoms. The molecule has 0 bridgehead atoms. The molecule has 1 unspecified atom stereocenters.